The molecule has 0 aromatic carbocycles. The summed E-state index contributed by atoms with van der Waals surface area (Å²) < 4.78 is 0. The van der Waals surface area contributed by atoms with Crippen LogP contribution in [0.15, 0.2) is 18.3 Å². The van der Waals surface area contributed by atoms with Crippen LogP contribution in [0.25, 0.3) is 0 Å². The molecule has 1 aromatic heterocycles. The second kappa shape index (κ2) is 8.93. The molecule has 0 aliphatic rings. The van der Waals surface area contributed by atoms with Gasteiger partial charge in [-0.1, -0.05) is 13.8 Å². The Morgan fingerprint density at radius 3 is 2.55 bits per heavy atom. The lowest BCUT2D eigenvalue weighted by atomic mass is 10.1. The fraction of sp³-hybridized carbons (Fsp3) is 0.688. The molecule has 0 aliphatic heterocycles. The van der Waals surface area contributed by atoms with E-state index in [2.05, 4.69) is 67.1 Å². The van der Waals surface area contributed by atoms with Crippen LogP contribution in [-0.2, 0) is 0 Å². The minimum Gasteiger partial charge on any atom is -0.355 e. The maximum absolute atomic E-state index is 4.56. The topological polar surface area (TPSA) is 31.4 Å². The minimum absolute atomic E-state index is 0.374. The van der Waals surface area contributed by atoms with E-state index in [1.807, 2.05) is 6.20 Å². The first-order valence-corrected chi connectivity index (χ1v) is 7.67. The molecule has 0 bridgehead atoms. The van der Waals surface area contributed by atoms with E-state index < -0.39 is 0 Å². The largest absolute Gasteiger partial charge is 0.355 e. The number of hydrogen-bond donors (Lipinski definition) is 1. The van der Waals surface area contributed by atoms with Crippen LogP contribution < -0.4 is 10.2 Å². The monoisotopic (exact) mass is 278 g/mol. The van der Waals surface area contributed by atoms with Crippen LogP contribution in [0.3, 0.4) is 0 Å². The number of pyridine rings is 1. The Bertz CT molecular complexity index is 378. The van der Waals surface area contributed by atoms with Gasteiger partial charge in [-0.3, -0.25) is 0 Å². The number of nitrogens with one attached hydrogen (secondary N) is 1. The van der Waals surface area contributed by atoms with Gasteiger partial charge in [-0.25, -0.2) is 4.98 Å². The van der Waals surface area contributed by atoms with Crippen molar-refractivity contribution >= 4 is 5.82 Å². The predicted octanol–water partition coefficient (Wildman–Crippen LogP) is 2.53. The summed E-state index contributed by atoms with van der Waals surface area (Å²) in [5, 5.41) is 3.46. The number of hydrogen-bond acceptors (Lipinski definition) is 4. The zero-order valence-electron chi connectivity index (χ0n) is 13.7. The number of rotatable bonds is 9. The second-order valence-corrected chi connectivity index (χ2v) is 5.52. The van der Waals surface area contributed by atoms with Crippen molar-refractivity contribution in [1.82, 2.24) is 15.2 Å². The first-order chi connectivity index (χ1) is 9.58. The molecule has 0 saturated carbocycles. The van der Waals surface area contributed by atoms with Crippen LogP contribution in [0.5, 0.6) is 0 Å². The molecule has 0 aliphatic carbocycles. The van der Waals surface area contributed by atoms with E-state index in [-0.39, 0.29) is 0 Å². The molecule has 0 saturated heterocycles. The van der Waals surface area contributed by atoms with E-state index in [1.54, 1.807) is 0 Å². The summed E-state index contributed by atoms with van der Waals surface area (Å²) in [5.74, 6) is 1.09. The molecule has 0 radical (unpaired) electrons. The molecular weight excluding hydrogens is 248 g/mol. The number of aromatic nitrogens is 1. The van der Waals surface area contributed by atoms with Crippen LogP contribution in [0.1, 0.15) is 38.8 Å². The van der Waals surface area contributed by atoms with Crippen molar-refractivity contribution in [2.75, 3.05) is 45.2 Å². The molecule has 1 aromatic rings. The highest BCUT2D eigenvalue weighted by Crippen LogP contribution is 2.18. The van der Waals surface area contributed by atoms with Gasteiger partial charge in [-0.15, -0.1) is 0 Å². The normalized spacial score (nSPS) is 12.7. The molecular formula is C16H30N4. The molecule has 4 nitrogen and oxygen atoms in total. The van der Waals surface area contributed by atoms with Crippen molar-refractivity contribution in [2.45, 2.75) is 33.2 Å². The molecule has 4 heteroatoms. The first kappa shape index (κ1) is 16.9. The fourth-order valence-corrected chi connectivity index (χ4v) is 2.23. The Hall–Kier alpha value is -1.13. The van der Waals surface area contributed by atoms with Crippen molar-refractivity contribution in [2.24, 2.45) is 0 Å². The Balaban J connectivity index is 2.81. The van der Waals surface area contributed by atoms with Gasteiger partial charge in [0.1, 0.15) is 5.82 Å². The third kappa shape index (κ3) is 5.47. The van der Waals surface area contributed by atoms with E-state index in [1.165, 1.54) is 5.56 Å². The van der Waals surface area contributed by atoms with Gasteiger partial charge in [0, 0.05) is 31.9 Å². The molecule has 1 atom stereocenters. The zero-order chi connectivity index (χ0) is 15.0. The Morgan fingerprint density at radius 1 is 1.20 bits per heavy atom. The van der Waals surface area contributed by atoms with Crippen molar-refractivity contribution in [3.63, 3.8) is 0 Å². The molecule has 1 heterocycles. The molecule has 0 spiro atoms. The average Bonchev–Trinajstić information content (AvgIpc) is 2.43. The van der Waals surface area contributed by atoms with E-state index in [0.717, 1.165) is 38.4 Å². The fourth-order valence-electron chi connectivity index (χ4n) is 2.23. The average molecular weight is 278 g/mol. The maximum atomic E-state index is 4.56. The minimum atomic E-state index is 0.374. The first-order valence-electron chi connectivity index (χ1n) is 7.67. The van der Waals surface area contributed by atoms with Crippen molar-refractivity contribution in [3.05, 3.63) is 23.9 Å². The molecule has 1 N–H and O–H groups in total. The van der Waals surface area contributed by atoms with Crippen LogP contribution in [0.2, 0.25) is 0 Å². The van der Waals surface area contributed by atoms with Gasteiger partial charge in [-0.2, -0.15) is 0 Å². The van der Waals surface area contributed by atoms with Gasteiger partial charge in [0.25, 0.3) is 0 Å². The molecule has 114 valence electrons. The molecule has 1 rings (SSSR count). The number of likely N-dealkylation sites (N-methyl/N-ethyl adjacent to an activating group) is 1. The lowest BCUT2D eigenvalue weighted by Gasteiger charge is -2.26. The summed E-state index contributed by atoms with van der Waals surface area (Å²) in [5.41, 5.74) is 1.31. The van der Waals surface area contributed by atoms with Crippen LogP contribution in [0.4, 0.5) is 5.82 Å². The number of anilines is 1. The Kier molecular flexibility index (Phi) is 7.55. The summed E-state index contributed by atoms with van der Waals surface area (Å²) in [6.07, 6.45) is 3.07. The summed E-state index contributed by atoms with van der Waals surface area (Å²) in [6.45, 7) is 10.7. The second-order valence-electron chi connectivity index (χ2n) is 5.52. The van der Waals surface area contributed by atoms with Crippen LogP contribution in [0, 0.1) is 0 Å². The summed E-state index contributed by atoms with van der Waals surface area (Å²) in [7, 11) is 4.22. The smallest absolute Gasteiger partial charge is 0.128 e. The Morgan fingerprint density at radius 2 is 1.95 bits per heavy atom. The van der Waals surface area contributed by atoms with E-state index >= 15 is 0 Å². The summed E-state index contributed by atoms with van der Waals surface area (Å²) in [4.78, 5) is 9.15. The summed E-state index contributed by atoms with van der Waals surface area (Å²) in [6, 6.07) is 4.70. The van der Waals surface area contributed by atoms with Gasteiger partial charge < -0.3 is 15.1 Å². The lowest BCUT2D eigenvalue weighted by molar-refractivity contribution is 0.412. The molecule has 20 heavy (non-hydrogen) atoms. The molecule has 1 unspecified atom stereocenters. The van der Waals surface area contributed by atoms with E-state index in [9.17, 15) is 0 Å². The van der Waals surface area contributed by atoms with Gasteiger partial charge in [-0.05, 0) is 51.7 Å². The molecule has 0 amide bonds. The highest BCUT2D eigenvalue weighted by Gasteiger charge is 2.10. The highest BCUT2D eigenvalue weighted by molar-refractivity contribution is 5.41. The predicted molar refractivity (Wildman–Crippen MR) is 87.4 cm³/mol. The lowest BCUT2D eigenvalue weighted by Crippen LogP contribution is -2.33. The quantitative estimate of drug-likeness (QED) is 0.752. The maximum Gasteiger partial charge on any atom is 0.128 e. The van der Waals surface area contributed by atoms with Gasteiger partial charge in [0.05, 0.1) is 0 Å². The van der Waals surface area contributed by atoms with Gasteiger partial charge in [0.2, 0.25) is 0 Å². The van der Waals surface area contributed by atoms with Gasteiger partial charge in [0.15, 0.2) is 0 Å². The van der Waals surface area contributed by atoms with Gasteiger partial charge >= 0.3 is 0 Å². The van der Waals surface area contributed by atoms with E-state index in [4.69, 9.17) is 0 Å². The Labute approximate surface area is 124 Å². The highest BCUT2D eigenvalue weighted by atomic mass is 15.2. The summed E-state index contributed by atoms with van der Waals surface area (Å²) >= 11 is 0. The van der Waals surface area contributed by atoms with Crippen LogP contribution in [-0.4, -0.2) is 50.2 Å². The third-order valence-electron chi connectivity index (χ3n) is 3.41. The van der Waals surface area contributed by atoms with Crippen molar-refractivity contribution in [1.29, 1.82) is 0 Å². The standard InChI is InChI=1S/C16H30N4/c1-6-10-20(12-11-19(4)5)16-13-15(8-9-18-16)14(3)17-7-2/h8-9,13-14,17H,6-7,10-12H2,1-5H3. The third-order valence-corrected chi connectivity index (χ3v) is 3.41. The molecule has 0 fully saturated rings. The van der Waals surface area contributed by atoms with Crippen molar-refractivity contribution in [3.8, 4) is 0 Å². The van der Waals surface area contributed by atoms with Crippen molar-refractivity contribution < 1.29 is 0 Å². The number of nitrogens with zero attached hydrogens (tertiary/aromatic N) is 3. The zero-order valence-corrected chi connectivity index (χ0v) is 13.7. The van der Waals surface area contributed by atoms with Crippen LogP contribution >= 0.6 is 0 Å². The van der Waals surface area contributed by atoms with E-state index in [0.29, 0.717) is 6.04 Å². The SMILES string of the molecule is CCCN(CCN(C)C)c1cc(C(C)NCC)ccn1.